The predicted molar refractivity (Wildman–Crippen MR) is 52.5 cm³/mol. The molecule has 1 heterocycles. The minimum Gasteiger partial charge on any atom is -0.396 e. The molecule has 0 aliphatic rings. The molecule has 0 saturated heterocycles. The van der Waals surface area contributed by atoms with E-state index in [4.69, 9.17) is 5.11 Å². The number of pyridine rings is 1. The number of aliphatic hydroxyl groups is 1. The van der Waals surface area contributed by atoms with Crippen LogP contribution in [0.25, 0.3) is 0 Å². The molecule has 0 saturated carbocycles. The monoisotopic (exact) mass is 194 g/mol. The van der Waals surface area contributed by atoms with E-state index in [0.29, 0.717) is 6.42 Å². The predicted octanol–water partition coefficient (Wildman–Crippen LogP) is 0.641. The number of nitrogens with one attached hydrogen (secondary N) is 1. The second-order valence-electron chi connectivity index (χ2n) is 3.05. The molecule has 0 radical (unpaired) electrons. The number of rotatable bonds is 4. The van der Waals surface area contributed by atoms with Gasteiger partial charge in [-0.3, -0.25) is 9.78 Å². The fraction of sp³-hybridized carbons (Fsp3) is 0.400. The number of carbonyl (C=O) groups is 1. The maximum Gasteiger partial charge on any atom is 0.217 e. The molecule has 1 atom stereocenters. The van der Waals surface area contributed by atoms with Gasteiger partial charge >= 0.3 is 0 Å². The zero-order valence-electron chi connectivity index (χ0n) is 8.10. The maximum atomic E-state index is 10.9. The topological polar surface area (TPSA) is 62.2 Å². The van der Waals surface area contributed by atoms with Gasteiger partial charge in [0.05, 0.1) is 6.04 Å². The number of hydrogen-bond donors (Lipinski definition) is 2. The molecule has 76 valence electrons. The third-order valence-corrected chi connectivity index (χ3v) is 1.88. The van der Waals surface area contributed by atoms with E-state index >= 15 is 0 Å². The third kappa shape index (κ3) is 3.14. The van der Waals surface area contributed by atoms with E-state index in [9.17, 15) is 4.79 Å². The molecule has 2 N–H and O–H groups in total. The number of aliphatic hydroxyl groups excluding tert-OH is 1. The minimum atomic E-state index is -0.147. The van der Waals surface area contributed by atoms with Crippen LogP contribution in [0.2, 0.25) is 0 Å². The summed E-state index contributed by atoms with van der Waals surface area (Å²) in [7, 11) is 0. The Labute approximate surface area is 83.0 Å². The number of hydrogen-bond acceptors (Lipinski definition) is 3. The number of amides is 1. The second-order valence-corrected chi connectivity index (χ2v) is 3.05. The first-order valence-electron chi connectivity index (χ1n) is 4.52. The molecule has 0 spiro atoms. The molecule has 1 amide bonds. The molecule has 4 heteroatoms. The quantitative estimate of drug-likeness (QED) is 0.739. The standard InChI is InChI=1S/C10H14N2O2/c1-8(14)12-10(4-6-13)9-3-2-5-11-7-9/h2-3,5,7,10,13H,4,6H2,1H3,(H,12,14). The molecular weight excluding hydrogens is 180 g/mol. The van der Waals surface area contributed by atoms with E-state index < -0.39 is 0 Å². The van der Waals surface area contributed by atoms with Crippen molar-refractivity contribution in [1.29, 1.82) is 0 Å². The summed E-state index contributed by atoms with van der Waals surface area (Å²) >= 11 is 0. The number of carbonyl (C=O) groups excluding carboxylic acids is 1. The van der Waals surface area contributed by atoms with E-state index in [1.54, 1.807) is 12.4 Å². The molecule has 4 nitrogen and oxygen atoms in total. The van der Waals surface area contributed by atoms with Crippen LogP contribution < -0.4 is 5.32 Å². The Bertz CT molecular complexity index is 287. The molecule has 1 unspecified atom stereocenters. The average Bonchev–Trinajstić information content (AvgIpc) is 2.18. The van der Waals surface area contributed by atoms with E-state index in [1.165, 1.54) is 6.92 Å². The van der Waals surface area contributed by atoms with Gasteiger partial charge in [-0.25, -0.2) is 0 Å². The highest BCUT2D eigenvalue weighted by molar-refractivity contribution is 5.73. The van der Waals surface area contributed by atoms with Gasteiger partial charge in [-0.2, -0.15) is 0 Å². The molecule has 0 aliphatic heterocycles. The minimum absolute atomic E-state index is 0.0415. The highest BCUT2D eigenvalue weighted by Gasteiger charge is 2.11. The van der Waals surface area contributed by atoms with Crippen LogP contribution in [-0.4, -0.2) is 22.6 Å². The van der Waals surface area contributed by atoms with Crippen LogP contribution >= 0.6 is 0 Å². The Morgan fingerprint density at radius 3 is 3.00 bits per heavy atom. The van der Waals surface area contributed by atoms with Crippen molar-refractivity contribution in [3.63, 3.8) is 0 Å². The van der Waals surface area contributed by atoms with Gasteiger partial charge in [-0.1, -0.05) is 6.07 Å². The summed E-state index contributed by atoms with van der Waals surface area (Å²) in [5, 5.41) is 11.6. The lowest BCUT2D eigenvalue weighted by Crippen LogP contribution is -2.26. The summed E-state index contributed by atoms with van der Waals surface area (Å²) in [4.78, 5) is 14.9. The first-order valence-corrected chi connectivity index (χ1v) is 4.52. The van der Waals surface area contributed by atoms with Crippen molar-refractivity contribution in [2.45, 2.75) is 19.4 Å². The van der Waals surface area contributed by atoms with Crippen LogP contribution in [0.15, 0.2) is 24.5 Å². The van der Waals surface area contributed by atoms with E-state index in [2.05, 4.69) is 10.3 Å². The van der Waals surface area contributed by atoms with Crippen LogP contribution in [0.3, 0.4) is 0 Å². The van der Waals surface area contributed by atoms with Crippen LogP contribution in [0.1, 0.15) is 24.9 Å². The Balaban J connectivity index is 2.72. The third-order valence-electron chi connectivity index (χ3n) is 1.88. The van der Waals surface area contributed by atoms with Crippen LogP contribution in [0.4, 0.5) is 0 Å². The fourth-order valence-electron chi connectivity index (χ4n) is 1.28. The van der Waals surface area contributed by atoms with Crippen molar-refractivity contribution in [2.24, 2.45) is 0 Å². The lowest BCUT2D eigenvalue weighted by atomic mass is 10.1. The highest BCUT2D eigenvalue weighted by Crippen LogP contribution is 2.14. The van der Waals surface area contributed by atoms with Crippen LogP contribution in [0.5, 0.6) is 0 Å². The summed E-state index contributed by atoms with van der Waals surface area (Å²) in [5.41, 5.74) is 0.914. The molecular formula is C10H14N2O2. The van der Waals surface area contributed by atoms with E-state index in [-0.39, 0.29) is 18.6 Å². The smallest absolute Gasteiger partial charge is 0.217 e. The van der Waals surface area contributed by atoms with Crippen molar-refractivity contribution in [3.05, 3.63) is 30.1 Å². The van der Waals surface area contributed by atoms with Gasteiger partial charge in [-0.05, 0) is 18.1 Å². The fourth-order valence-corrected chi connectivity index (χ4v) is 1.28. The number of aromatic nitrogens is 1. The largest absolute Gasteiger partial charge is 0.396 e. The van der Waals surface area contributed by atoms with Crippen molar-refractivity contribution in [2.75, 3.05) is 6.61 Å². The van der Waals surface area contributed by atoms with Gasteiger partial charge in [0.15, 0.2) is 0 Å². The summed E-state index contributed by atoms with van der Waals surface area (Å²) in [5.74, 6) is -0.104. The second kappa shape index (κ2) is 5.34. The molecule has 0 bridgehead atoms. The summed E-state index contributed by atoms with van der Waals surface area (Å²) < 4.78 is 0. The van der Waals surface area contributed by atoms with Crippen molar-refractivity contribution >= 4 is 5.91 Å². The van der Waals surface area contributed by atoms with Crippen LogP contribution in [-0.2, 0) is 4.79 Å². The zero-order chi connectivity index (χ0) is 10.4. The van der Waals surface area contributed by atoms with Crippen molar-refractivity contribution in [1.82, 2.24) is 10.3 Å². The maximum absolute atomic E-state index is 10.9. The average molecular weight is 194 g/mol. The van der Waals surface area contributed by atoms with Gasteiger partial charge in [0, 0.05) is 25.9 Å². The molecule has 0 fully saturated rings. The van der Waals surface area contributed by atoms with E-state index in [0.717, 1.165) is 5.56 Å². The van der Waals surface area contributed by atoms with Gasteiger partial charge in [0.2, 0.25) is 5.91 Å². The van der Waals surface area contributed by atoms with Gasteiger partial charge in [0.1, 0.15) is 0 Å². The Morgan fingerprint density at radius 2 is 2.50 bits per heavy atom. The first-order chi connectivity index (χ1) is 6.74. The zero-order valence-corrected chi connectivity index (χ0v) is 8.10. The molecule has 1 aromatic rings. The molecule has 1 rings (SSSR count). The van der Waals surface area contributed by atoms with Crippen molar-refractivity contribution in [3.8, 4) is 0 Å². The lowest BCUT2D eigenvalue weighted by Gasteiger charge is -2.16. The summed E-state index contributed by atoms with van der Waals surface area (Å²) in [6, 6.07) is 3.54. The molecule has 0 aliphatic carbocycles. The highest BCUT2D eigenvalue weighted by atomic mass is 16.3. The van der Waals surface area contributed by atoms with Gasteiger partial charge < -0.3 is 10.4 Å². The van der Waals surface area contributed by atoms with E-state index in [1.807, 2.05) is 12.1 Å². The first kappa shape index (κ1) is 10.7. The summed E-state index contributed by atoms with van der Waals surface area (Å²) in [6.45, 7) is 1.50. The van der Waals surface area contributed by atoms with Gasteiger partial charge in [0.25, 0.3) is 0 Å². The molecule has 1 aromatic heterocycles. The Hall–Kier alpha value is -1.42. The summed E-state index contributed by atoms with van der Waals surface area (Å²) in [6.07, 6.45) is 3.87. The Kier molecular flexibility index (Phi) is 4.07. The lowest BCUT2D eigenvalue weighted by molar-refractivity contribution is -0.119. The molecule has 0 aromatic carbocycles. The normalized spacial score (nSPS) is 12.1. The van der Waals surface area contributed by atoms with Crippen LogP contribution in [0, 0.1) is 0 Å². The molecule has 14 heavy (non-hydrogen) atoms. The van der Waals surface area contributed by atoms with Crippen molar-refractivity contribution < 1.29 is 9.90 Å². The van der Waals surface area contributed by atoms with Gasteiger partial charge in [-0.15, -0.1) is 0 Å². The number of nitrogens with zero attached hydrogens (tertiary/aromatic N) is 1. The Morgan fingerprint density at radius 1 is 1.71 bits per heavy atom. The SMILES string of the molecule is CC(=O)NC(CCO)c1cccnc1.